The monoisotopic (exact) mass is 492 g/mol. The Morgan fingerprint density at radius 2 is 1.91 bits per heavy atom. The summed E-state index contributed by atoms with van der Waals surface area (Å²) in [7, 11) is 0. The molecule has 1 N–H and O–H groups in total. The zero-order valence-corrected chi connectivity index (χ0v) is 21.2. The normalized spacial score (nSPS) is 14.7. The Kier molecular flexibility index (Phi) is 7.81. The van der Waals surface area contributed by atoms with E-state index >= 15 is 0 Å². The number of pyridine rings is 1. The molecule has 0 atom stereocenters. The number of nitrogens with one attached hydrogen (secondary N) is 1. The van der Waals surface area contributed by atoms with Crippen molar-refractivity contribution in [2.75, 3.05) is 24.5 Å². The SMILES string of the molecule is CCCNCCN1C(=CC=Cc2cc[n+](CCC)c3cc(C)ccc23)[Se]c2ccccc21. The molecule has 1 aromatic heterocycles. The molecule has 3 aromatic rings. The van der Waals surface area contributed by atoms with Gasteiger partial charge in [-0.15, -0.1) is 0 Å². The molecule has 166 valence electrons. The van der Waals surface area contributed by atoms with Gasteiger partial charge in [-0.1, -0.05) is 0 Å². The van der Waals surface area contributed by atoms with E-state index in [4.69, 9.17) is 0 Å². The Bertz CT molecular complexity index is 1130. The summed E-state index contributed by atoms with van der Waals surface area (Å²) in [5, 5.41) is 4.87. The van der Waals surface area contributed by atoms with E-state index in [1.54, 1.807) is 0 Å². The number of anilines is 1. The quantitative estimate of drug-likeness (QED) is 0.269. The van der Waals surface area contributed by atoms with E-state index in [0.29, 0.717) is 15.0 Å². The van der Waals surface area contributed by atoms with E-state index in [-0.39, 0.29) is 0 Å². The first-order valence-corrected chi connectivity index (χ1v) is 13.5. The van der Waals surface area contributed by atoms with Crippen LogP contribution in [-0.2, 0) is 6.54 Å². The summed E-state index contributed by atoms with van der Waals surface area (Å²) < 4.78 is 5.29. The van der Waals surface area contributed by atoms with Gasteiger partial charge in [-0.25, -0.2) is 0 Å². The van der Waals surface area contributed by atoms with E-state index < -0.39 is 0 Å². The molecule has 1 aliphatic rings. The van der Waals surface area contributed by atoms with Crippen LogP contribution in [0.5, 0.6) is 0 Å². The molecule has 3 nitrogen and oxygen atoms in total. The average molecular weight is 492 g/mol. The summed E-state index contributed by atoms with van der Waals surface area (Å²) in [6, 6.07) is 17.9. The summed E-state index contributed by atoms with van der Waals surface area (Å²) in [6.45, 7) is 10.8. The third kappa shape index (κ3) is 5.15. The molecule has 0 amide bonds. The van der Waals surface area contributed by atoms with Crippen LogP contribution in [0.25, 0.3) is 17.0 Å². The summed E-state index contributed by atoms with van der Waals surface area (Å²) in [5.41, 5.74) is 5.29. The molecule has 4 rings (SSSR count). The number of para-hydroxylation sites is 1. The van der Waals surface area contributed by atoms with Crippen molar-refractivity contribution < 1.29 is 4.57 Å². The van der Waals surface area contributed by atoms with Crippen LogP contribution in [0.4, 0.5) is 5.69 Å². The molecule has 0 aliphatic carbocycles. The van der Waals surface area contributed by atoms with Gasteiger partial charge in [0.15, 0.2) is 0 Å². The van der Waals surface area contributed by atoms with E-state index in [2.05, 4.69) is 109 Å². The first-order chi connectivity index (χ1) is 15.7. The Morgan fingerprint density at radius 1 is 1.03 bits per heavy atom. The molecule has 4 heteroatoms. The van der Waals surface area contributed by atoms with E-state index in [1.165, 1.54) is 43.2 Å². The molecule has 0 bridgehead atoms. The number of hydrogen-bond donors (Lipinski definition) is 1. The van der Waals surface area contributed by atoms with Crippen molar-refractivity contribution in [2.24, 2.45) is 0 Å². The van der Waals surface area contributed by atoms with Crippen molar-refractivity contribution in [1.82, 2.24) is 5.32 Å². The maximum absolute atomic E-state index is 3.55. The number of benzene rings is 2. The standard InChI is InChI=1S/C28H34N3Se/c1-4-16-29-17-20-31-25-10-6-7-11-27(25)32-28(31)12-8-9-23-15-19-30(18-5-2)26-21-22(3)13-14-24(23)26/h6-15,19,21,29H,4-5,16-18,20H2,1-3H3/q+1. The van der Waals surface area contributed by atoms with Gasteiger partial charge in [-0.2, -0.15) is 0 Å². The molecule has 0 saturated carbocycles. The Hall–Kier alpha value is -2.39. The Balaban J connectivity index is 1.59. The molecule has 0 unspecified atom stereocenters. The van der Waals surface area contributed by atoms with E-state index in [9.17, 15) is 0 Å². The van der Waals surface area contributed by atoms with Crippen molar-refractivity contribution >= 4 is 42.1 Å². The number of allylic oxidation sites excluding steroid dienone is 2. The van der Waals surface area contributed by atoms with Crippen LogP contribution >= 0.6 is 0 Å². The van der Waals surface area contributed by atoms with Crippen LogP contribution in [0.15, 0.2) is 71.5 Å². The van der Waals surface area contributed by atoms with Crippen molar-refractivity contribution in [3.05, 3.63) is 82.6 Å². The van der Waals surface area contributed by atoms with Gasteiger partial charge in [0.2, 0.25) is 0 Å². The fourth-order valence-electron chi connectivity index (χ4n) is 4.18. The summed E-state index contributed by atoms with van der Waals surface area (Å²) in [6.07, 6.45) is 11.4. The molecular formula is C28H34N3Se+. The van der Waals surface area contributed by atoms with Gasteiger partial charge >= 0.3 is 199 Å². The fourth-order valence-corrected chi connectivity index (χ4v) is 6.49. The van der Waals surface area contributed by atoms with E-state index in [1.807, 2.05) is 0 Å². The molecule has 32 heavy (non-hydrogen) atoms. The predicted molar refractivity (Wildman–Crippen MR) is 139 cm³/mol. The number of aromatic nitrogens is 1. The van der Waals surface area contributed by atoms with Crippen LogP contribution in [-0.4, -0.2) is 34.6 Å². The Labute approximate surface area is 199 Å². The third-order valence-electron chi connectivity index (χ3n) is 5.76. The molecule has 0 spiro atoms. The van der Waals surface area contributed by atoms with Gasteiger partial charge in [0.05, 0.1) is 0 Å². The third-order valence-corrected chi connectivity index (χ3v) is 8.13. The van der Waals surface area contributed by atoms with Gasteiger partial charge in [0, 0.05) is 0 Å². The zero-order chi connectivity index (χ0) is 22.3. The predicted octanol–water partition coefficient (Wildman–Crippen LogP) is 4.55. The fraction of sp³-hybridized carbons (Fsp3) is 0.321. The first-order valence-electron chi connectivity index (χ1n) is 11.8. The van der Waals surface area contributed by atoms with Gasteiger partial charge in [0.25, 0.3) is 0 Å². The number of hydrogen-bond acceptors (Lipinski definition) is 2. The van der Waals surface area contributed by atoms with Crippen molar-refractivity contribution in [3.8, 4) is 0 Å². The number of aryl methyl sites for hydroxylation is 2. The van der Waals surface area contributed by atoms with Crippen LogP contribution in [0.3, 0.4) is 0 Å². The molecule has 0 fully saturated rings. The minimum atomic E-state index is 0.353. The van der Waals surface area contributed by atoms with Gasteiger partial charge in [-0.05, 0) is 0 Å². The number of rotatable bonds is 9. The topological polar surface area (TPSA) is 19.1 Å². The number of nitrogens with zero attached hydrogens (tertiary/aromatic N) is 2. The van der Waals surface area contributed by atoms with Gasteiger partial charge in [0.1, 0.15) is 0 Å². The van der Waals surface area contributed by atoms with Crippen LogP contribution in [0.1, 0.15) is 37.8 Å². The van der Waals surface area contributed by atoms with Crippen LogP contribution < -0.4 is 19.2 Å². The van der Waals surface area contributed by atoms with Gasteiger partial charge < -0.3 is 0 Å². The average Bonchev–Trinajstić information content (AvgIpc) is 3.15. The summed E-state index contributed by atoms with van der Waals surface area (Å²) in [5.74, 6) is 0. The van der Waals surface area contributed by atoms with Crippen LogP contribution in [0.2, 0.25) is 0 Å². The van der Waals surface area contributed by atoms with Crippen molar-refractivity contribution in [1.29, 1.82) is 0 Å². The second-order valence-electron chi connectivity index (χ2n) is 8.32. The second kappa shape index (κ2) is 11.0. The maximum atomic E-state index is 3.55. The van der Waals surface area contributed by atoms with Crippen molar-refractivity contribution in [3.63, 3.8) is 0 Å². The zero-order valence-electron chi connectivity index (χ0n) is 19.5. The number of fused-ring (bicyclic) bond motifs is 2. The summed E-state index contributed by atoms with van der Waals surface area (Å²) >= 11 is 0.353. The van der Waals surface area contributed by atoms with Crippen molar-refractivity contribution in [2.45, 2.75) is 40.2 Å². The first kappa shape index (κ1) is 22.8. The van der Waals surface area contributed by atoms with Gasteiger partial charge in [-0.3, -0.25) is 0 Å². The molecule has 2 heterocycles. The minimum absolute atomic E-state index is 0.353. The molecular weight excluding hydrogens is 457 g/mol. The molecule has 0 saturated heterocycles. The second-order valence-corrected chi connectivity index (χ2v) is 10.5. The van der Waals surface area contributed by atoms with E-state index in [0.717, 1.165) is 32.6 Å². The molecule has 1 aliphatic heterocycles. The molecule has 0 radical (unpaired) electrons. The van der Waals surface area contributed by atoms with Crippen LogP contribution in [0, 0.1) is 6.92 Å². The Morgan fingerprint density at radius 3 is 2.75 bits per heavy atom. The molecule has 2 aromatic carbocycles. The summed E-state index contributed by atoms with van der Waals surface area (Å²) in [4.78, 5) is 2.50.